The Morgan fingerprint density at radius 1 is 1.32 bits per heavy atom. The molecule has 0 spiro atoms. The summed E-state index contributed by atoms with van der Waals surface area (Å²) in [6.07, 6.45) is -4.01. The van der Waals surface area contributed by atoms with E-state index < -0.39 is 37.1 Å². The molecule has 0 bridgehead atoms. The third-order valence-corrected chi connectivity index (χ3v) is 2.29. The van der Waals surface area contributed by atoms with E-state index in [4.69, 9.17) is 5.73 Å². The molecule has 2 amide bonds. The fourth-order valence-electron chi connectivity index (χ4n) is 1.44. The molecule has 0 aliphatic rings. The first kappa shape index (κ1) is 17.7. The highest BCUT2D eigenvalue weighted by atomic mass is 19.4. The number of halogens is 3. The Bertz CT molecular complexity index is 319. The smallest absolute Gasteiger partial charge is 0.345 e. The maximum absolute atomic E-state index is 11.9. The number of rotatable bonds is 6. The second-order valence-electron chi connectivity index (χ2n) is 4.82. The zero-order valence-electron chi connectivity index (χ0n) is 11.3. The number of likely N-dealkylation sites (N-methyl/N-ethyl adjacent to an activating group) is 1. The van der Waals surface area contributed by atoms with Gasteiger partial charge in [0.15, 0.2) is 0 Å². The third kappa shape index (κ3) is 8.41. The largest absolute Gasteiger partial charge is 0.405 e. The van der Waals surface area contributed by atoms with Crippen LogP contribution in [0.15, 0.2) is 0 Å². The molecular formula is C11H20F3N3O2. The average molecular weight is 283 g/mol. The minimum Gasteiger partial charge on any atom is -0.345 e. The van der Waals surface area contributed by atoms with Crippen LogP contribution in [0.25, 0.3) is 0 Å². The molecule has 0 aromatic rings. The van der Waals surface area contributed by atoms with Gasteiger partial charge in [0.25, 0.3) is 0 Å². The first-order chi connectivity index (χ1) is 8.53. The molecule has 0 unspecified atom stereocenters. The van der Waals surface area contributed by atoms with Crippen LogP contribution in [-0.4, -0.2) is 49.1 Å². The van der Waals surface area contributed by atoms with Gasteiger partial charge in [0.2, 0.25) is 11.8 Å². The second kappa shape index (κ2) is 7.32. The van der Waals surface area contributed by atoms with E-state index in [0.29, 0.717) is 6.42 Å². The van der Waals surface area contributed by atoms with Gasteiger partial charge < -0.3 is 16.0 Å². The molecule has 0 aromatic heterocycles. The van der Waals surface area contributed by atoms with Crippen molar-refractivity contribution in [2.75, 3.05) is 20.1 Å². The maximum Gasteiger partial charge on any atom is 0.405 e. The highest BCUT2D eigenvalue weighted by molar-refractivity contribution is 5.87. The van der Waals surface area contributed by atoms with Crippen LogP contribution >= 0.6 is 0 Å². The fraction of sp³-hybridized carbons (Fsp3) is 0.818. The van der Waals surface area contributed by atoms with Gasteiger partial charge in [-0.15, -0.1) is 0 Å². The first-order valence-electron chi connectivity index (χ1n) is 5.87. The SMILES string of the molecule is CC(C)C[C@@H](N)C(=O)N(C)CC(=O)NCC(F)(F)F. The fourth-order valence-corrected chi connectivity index (χ4v) is 1.44. The normalized spacial score (nSPS) is 13.3. The Balaban J connectivity index is 4.18. The number of amides is 2. The molecule has 0 aliphatic carbocycles. The molecule has 0 heterocycles. The van der Waals surface area contributed by atoms with Crippen LogP contribution in [-0.2, 0) is 9.59 Å². The van der Waals surface area contributed by atoms with Crippen LogP contribution < -0.4 is 11.1 Å². The van der Waals surface area contributed by atoms with E-state index in [1.54, 1.807) is 5.32 Å². The Hall–Kier alpha value is -1.31. The predicted octanol–water partition coefficient (Wildman–Crippen LogP) is 0.497. The van der Waals surface area contributed by atoms with Crippen LogP contribution in [0, 0.1) is 5.92 Å². The summed E-state index contributed by atoms with van der Waals surface area (Å²) >= 11 is 0. The van der Waals surface area contributed by atoms with Crippen molar-refractivity contribution in [1.29, 1.82) is 0 Å². The van der Waals surface area contributed by atoms with Gasteiger partial charge in [-0.05, 0) is 12.3 Å². The van der Waals surface area contributed by atoms with E-state index in [0.717, 1.165) is 4.90 Å². The number of carbonyl (C=O) groups excluding carboxylic acids is 2. The average Bonchev–Trinajstić information content (AvgIpc) is 2.23. The Morgan fingerprint density at radius 2 is 1.84 bits per heavy atom. The van der Waals surface area contributed by atoms with Gasteiger partial charge in [-0.3, -0.25) is 9.59 Å². The summed E-state index contributed by atoms with van der Waals surface area (Å²) in [5.41, 5.74) is 5.64. The number of carbonyl (C=O) groups is 2. The molecule has 0 radical (unpaired) electrons. The summed E-state index contributed by atoms with van der Waals surface area (Å²) in [6, 6.07) is -0.750. The van der Waals surface area contributed by atoms with E-state index in [1.807, 2.05) is 13.8 Å². The van der Waals surface area contributed by atoms with Crippen LogP contribution in [0.1, 0.15) is 20.3 Å². The molecule has 8 heteroatoms. The van der Waals surface area contributed by atoms with E-state index in [1.165, 1.54) is 7.05 Å². The van der Waals surface area contributed by atoms with Crippen molar-refractivity contribution < 1.29 is 22.8 Å². The lowest BCUT2D eigenvalue weighted by Crippen LogP contribution is -2.47. The van der Waals surface area contributed by atoms with Gasteiger partial charge >= 0.3 is 6.18 Å². The Morgan fingerprint density at radius 3 is 2.26 bits per heavy atom. The molecule has 5 nitrogen and oxygen atoms in total. The number of nitrogens with zero attached hydrogens (tertiary/aromatic N) is 1. The van der Waals surface area contributed by atoms with E-state index in [9.17, 15) is 22.8 Å². The van der Waals surface area contributed by atoms with Crippen molar-refractivity contribution >= 4 is 11.8 Å². The van der Waals surface area contributed by atoms with E-state index in [2.05, 4.69) is 0 Å². The van der Waals surface area contributed by atoms with Crippen LogP contribution in [0.4, 0.5) is 13.2 Å². The lowest BCUT2D eigenvalue weighted by Gasteiger charge is -2.22. The Labute approximate surface area is 110 Å². The highest BCUT2D eigenvalue weighted by Crippen LogP contribution is 2.12. The van der Waals surface area contributed by atoms with Crippen LogP contribution in [0.2, 0.25) is 0 Å². The minimum atomic E-state index is -4.47. The van der Waals surface area contributed by atoms with Gasteiger partial charge in [0, 0.05) is 7.05 Å². The summed E-state index contributed by atoms with van der Waals surface area (Å²) in [5.74, 6) is -1.12. The molecule has 0 saturated heterocycles. The van der Waals surface area contributed by atoms with Crippen molar-refractivity contribution in [2.24, 2.45) is 11.7 Å². The molecule has 3 N–H and O–H groups in total. The summed E-state index contributed by atoms with van der Waals surface area (Å²) in [7, 11) is 1.33. The van der Waals surface area contributed by atoms with Gasteiger partial charge in [-0.1, -0.05) is 13.8 Å². The maximum atomic E-state index is 11.9. The van der Waals surface area contributed by atoms with E-state index in [-0.39, 0.29) is 5.92 Å². The Kier molecular flexibility index (Phi) is 6.82. The summed E-state index contributed by atoms with van der Waals surface area (Å²) in [6.45, 7) is 1.93. The lowest BCUT2D eigenvalue weighted by molar-refractivity contribution is -0.142. The van der Waals surface area contributed by atoms with Gasteiger partial charge in [0.1, 0.15) is 6.54 Å². The highest BCUT2D eigenvalue weighted by Gasteiger charge is 2.28. The molecular weight excluding hydrogens is 263 g/mol. The minimum absolute atomic E-state index is 0.214. The zero-order chi connectivity index (χ0) is 15.2. The summed E-state index contributed by atoms with van der Waals surface area (Å²) < 4.78 is 35.6. The summed E-state index contributed by atoms with van der Waals surface area (Å²) in [4.78, 5) is 23.9. The predicted molar refractivity (Wildman–Crippen MR) is 64.1 cm³/mol. The monoisotopic (exact) mass is 283 g/mol. The van der Waals surface area contributed by atoms with Crippen LogP contribution in [0.3, 0.4) is 0 Å². The topological polar surface area (TPSA) is 75.4 Å². The lowest BCUT2D eigenvalue weighted by atomic mass is 10.0. The third-order valence-electron chi connectivity index (χ3n) is 2.29. The number of hydrogen-bond donors (Lipinski definition) is 2. The van der Waals surface area contributed by atoms with Crippen LogP contribution in [0.5, 0.6) is 0 Å². The summed E-state index contributed by atoms with van der Waals surface area (Å²) in [5, 5.41) is 1.69. The van der Waals surface area contributed by atoms with Gasteiger partial charge in [-0.25, -0.2) is 0 Å². The van der Waals surface area contributed by atoms with Crippen molar-refractivity contribution in [3.8, 4) is 0 Å². The standard InChI is InChI=1S/C11H20F3N3O2/c1-7(2)4-8(15)10(19)17(3)5-9(18)16-6-11(12,13)14/h7-8H,4-6,15H2,1-3H3,(H,16,18)/t8-/m1/s1. The second-order valence-corrected chi connectivity index (χ2v) is 4.82. The van der Waals surface area contributed by atoms with Crippen molar-refractivity contribution in [2.45, 2.75) is 32.5 Å². The van der Waals surface area contributed by atoms with Crippen molar-refractivity contribution in [3.05, 3.63) is 0 Å². The molecule has 19 heavy (non-hydrogen) atoms. The molecule has 112 valence electrons. The van der Waals surface area contributed by atoms with E-state index >= 15 is 0 Å². The number of alkyl halides is 3. The van der Waals surface area contributed by atoms with Crippen molar-refractivity contribution in [1.82, 2.24) is 10.2 Å². The molecule has 0 rings (SSSR count). The molecule has 0 aliphatic heterocycles. The molecule has 0 fully saturated rings. The van der Waals surface area contributed by atoms with Crippen molar-refractivity contribution in [3.63, 3.8) is 0 Å². The number of nitrogens with one attached hydrogen (secondary N) is 1. The number of hydrogen-bond acceptors (Lipinski definition) is 3. The van der Waals surface area contributed by atoms with Gasteiger partial charge in [0.05, 0.1) is 12.6 Å². The first-order valence-corrected chi connectivity index (χ1v) is 5.87. The quantitative estimate of drug-likeness (QED) is 0.745. The molecule has 0 aromatic carbocycles. The van der Waals surface area contributed by atoms with Gasteiger partial charge in [-0.2, -0.15) is 13.2 Å². The molecule has 0 saturated carbocycles. The molecule has 1 atom stereocenters. The zero-order valence-corrected chi connectivity index (χ0v) is 11.3. The number of nitrogens with two attached hydrogens (primary N) is 1.